The van der Waals surface area contributed by atoms with E-state index in [1.54, 1.807) is 48.5 Å². The van der Waals surface area contributed by atoms with E-state index in [0.717, 1.165) is 17.1 Å². The van der Waals surface area contributed by atoms with E-state index in [4.69, 9.17) is 10.5 Å². The van der Waals surface area contributed by atoms with Gasteiger partial charge in [0.15, 0.2) is 11.6 Å². The number of anilines is 3. The largest absolute Gasteiger partial charge is 0.311 e. The average Bonchev–Trinajstić information content (AvgIpc) is 2.93. The molecule has 0 unspecified atom stereocenters. The van der Waals surface area contributed by atoms with Crippen LogP contribution in [-0.4, -0.2) is 11.6 Å². The van der Waals surface area contributed by atoms with Gasteiger partial charge in [-0.2, -0.15) is 10.5 Å². The lowest BCUT2D eigenvalue weighted by Crippen LogP contribution is -2.11. The zero-order chi connectivity index (χ0) is 25.3. The van der Waals surface area contributed by atoms with Crippen LogP contribution >= 0.6 is 0 Å². The first-order chi connectivity index (χ1) is 17.6. The second-order valence-corrected chi connectivity index (χ2v) is 7.98. The number of nitriles is 2. The lowest BCUT2D eigenvalue weighted by molar-refractivity contribution is 0.0894. The molecule has 5 heteroatoms. The second-order valence-electron chi connectivity index (χ2n) is 7.98. The highest BCUT2D eigenvalue weighted by molar-refractivity contribution is 6.13. The molecule has 0 bridgehead atoms. The van der Waals surface area contributed by atoms with Gasteiger partial charge >= 0.3 is 0 Å². The van der Waals surface area contributed by atoms with E-state index in [-0.39, 0.29) is 23.6 Å². The van der Waals surface area contributed by atoms with Gasteiger partial charge in [0.2, 0.25) is 0 Å². The first-order valence-electron chi connectivity index (χ1n) is 11.3. The molecule has 0 radical (unpaired) electrons. The molecular formula is C31H21N3O2. The van der Waals surface area contributed by atoms with Crippen LogP contribution in [-0.2, 0) is 0 Å². The molecule has 4 aromatic rings. The Hall–Kier alpha value is -5.26. The number of ketones is 2. The van der Waals surface area contributed by atoms with Crippen molar-refractivity contribution in [1.82, 2.24) is 0 Å². The number of allylic oxidation sites excluding steroid dienone is 1. The summed E-state index contributed by atoms with van der Waals surface area (Å²) in [4.78, 5) is 27.6. The van der Waals surface area contributed by atoms with Crippen molar-refractivity contribution >= 4 is 34.7 Å². The molecule has 0 saturated heterocycles. The fourth-order valence-electron chi connectivity index (χ4n) is 3.77. The fourth-order valence-corrected chi connectivity index (χ4v) is 3.77. The van der Waals surface area contributed by atoms with Crippen LogP contribution in [0.2, 0.25) is 0 Å². The van der Waals surface area contributed by atoms with E-state index in [1.807, 2.05) is 72.8 Å². The zero-order valence-corrected chi connectivity index (χ0v) is 19.3. The summed E-state index contributed by atoms with van der Waals surface area (Å²) in [5, 5.41) is 17.7. The third-order valence-corrected chi connectivity index (χ3v) is 5.58. The molecule has 4 rings (SSSR count). The Morgan fingerprint density at radius 1 is 0.611 bits per heavy atom. The molecule has 0 aliphatic rings. The van der Waals surface area contributed by atoms with Crippen molar-refractivity contribution in [2.24, 2.45) is 0 Å². The highest BCUT2D eigenvalue weighted by Crippen LogP contribution is 2.34. The smallest absolute Gasteiger partial charge is 0.170 e. The number of nitrogens with zero attached hydrogens (tertiary/aromatic N) is 3. The molecule has 0 amide bonds. The van der Waals surface area contributed by atoms with Crippen LogP contribution < -0.4 is 4.90 Å². The lowest BCUT2D eigenvalue weighted by Gasteiger charge is -2.25. The maximum absolute atomic E-state index is 12.8. The number of hydrogen-bond donors (Lipinski definition) is 0. The number of hydrogen-bond acceptors (Lipinski definition) is 5. The van der Waals surface area contributed by atoms with Crippen LogP contribution in [0.25, 0.3) is 6.08 Å². The summed E-state index contributed by atoms with van der Waals surface area (Å²) in [7, 11) is 0. The topological polar surface area (TPSA) is 85.0 Å². The van der Waals surface area contributed by atoms with E-state index < -0.39 is 0 Å². The predicted molar refractivity (Wildman–Crippen MR) is 140 cm³/mol. The molecule has 0 heterocycles. The summed E-state index contributed by atoms with van der Waals surface area (Å²) < 4.78 is 0. The first kappa shape index (κ1) is 23.9. The summed E-state index contributed by atoms with van der Waals surface area (Å²) in [6.45, 7) is 0. The molecule has 0 aliphatic heterocycles. The minimum absolute atomic E-state index is 0.0224. The van der Waals surface area contributed by atoms with Gasteiger partial charge in [0.1, 0.15) is 17.7 Å². The van der Waals surface area contributed by atoms with Gasteiger partial charge in [-0.1, -0.05) is 60.7 Å². The van der Waals surface area contributed by atoms with Crippen molar-refractivity contribution < 1.29 is 9.59 Å². The van der Waals surface area contributed by atoms with E-state index in [1.165, 1.54) is 6.08 Å². The molecule has 4 aromatic carbocycles. The molecule has 0 aliphatic carbocycles. The van der Waals surface area contributed by atoms with Gasteiger partial charge in [-0.25, -0.2) is 0 Å². The Morgan fingerprint density at radius 3 is 1.47 bits per heavy atom. The Kier molecular flexibility index (Phi) is 7.46. The number of para-hydroxylation sites is 2. The van der Waals surface area contributed by atoms with Crippen LogP contribution in [0.3, 0.4) is 0 Å². The fraction of sp³-hybridized carbons (Fsp3) is 0.0323. The maximum atomic E-state index is 12.8. The number of Topliss-reactive ketones (excluding diaryl/α,β-unsaturated/α-hetero) is 2. The highest BCUT2D eigenvalue weighted by Gasteiger charge is 2.16. The van der Waals surface area contributed by atoms with Crippen LogP contribution in [0.4, 0.5) is 17.1 Å². The standard InChI is InChI=1S/C31H21N3O2/c32-21-24(22-33)19-23-11-13-25(14-12-23)30(35)20-31(36)26-15-17-29(18-16-26)34(27-7-3-1-4-8-27)28-9-5-2-6-10-28/h1-19H,20H2. The van der Waals surface area contributed by atoms with E-state index in [0.29, 0.717) is 16.7 Å². The zero-order valence-electron chi connectivity index (χ0n) is 19.3. The van der Waals surface area contributed by atoms with Crippen molar-refractivity contribution in [1.29, 1.82) is 10.5 Å². The normalized spacial score (nSPS) is 9.94. The minimum atomic E-state index is -0.296. The summed E-state index contributed by atoms with van der Waals surface area (Å²) >= 11 is 0. The summed E-state index contributed by atoms with van der Waals surface area (Å²) in [5.74, 6) is -0.562. The van der Waals surface area contributed by atoms with Crippen molar-refractivity contribution in [3.05, 3.63) is 131 Å². The van der Waals surface area contributed by atoms with Crippen molar-refractivity contribution in [2.75, 3.05) is 4.90 Å². The Morgan fingerprint density at radius 2 is 1.03 bits per heavy atom. The van der Waals surface area contributed by atoms with Crippen molar-refractivity contribution in [2.45, 2.75) is 6.42 Å². The molecular weight excluding hydrogens is 446 g/mol. The molecule has 0 fully saturated rings. The number of carbonyl (C=O) groups is 2. The minimum Gasteiger partial charge on any atom is -0.311 e. The van der Waals surface area contributed by atoms with Crippen molar-refractivity contribution in [3.8, 4) is 12.1 Å². The van der Waals surface area contributed by atoms with Crippen molar-refractivity contribution in [3.63, 3.8) is 0 Å². The average molecular weight is 468 g/mol. The van der Waals surface area contributed by atoms with Gasteiger partial charge in [-0.05, 0) is 60.2 Å². The Balaban J connectivity index is 1.50. The molecule has 5 nitrogen and oxygen atoms in total. The van der Waals surface area contributed by atoms with Gasteiger partial charge in [-0.3, -0.25) is 9.59 Å². The Bertz CT molecular complexity index is 1420. The second kappa shape index (κ2) is 11.2. The summed E-state index contributed by atoms with van der Waals surface area (Å²) in [6, 6.07) is 37.2. The van der Waals surface area contributed by atoms with Gasteiger partial charge < -0.3 is 4.90 Å². The number of carbonyl (C=O) groups excluding carboxylic acids is 2. The molecule has 0 spiro atoms. The van der Waals surface area contributed by atoms with Gasteiger partial charge in [0, 0.05) is 28.2 Å². The van der Waals surface area contributed by atoms with Gasteiger partial charge in [-0.15, -0.1) is 0 Å². The van der Waals surface area contributed by atoms with Gasteiger partial charge in [0.05, 0.1) is 6.42 Å². The number of benzene rings is 4. The maximum Gasteiger partial charge on any atom is 0.170 e. The molecule has 0 saturated carbocycles. The lowest BCUT2D eigenvalue weighted by atomic mass is 10.00. The summed E-state index contributed by atoms with van der Waals surface area (Å²) in [5.41, 5.74) is 4.35. The molecule has 0 aromatic heterocycles. The molecule has 0 N–H and O–H groups in total. The summed E-state index contributed by atoms with van der Waals surface area (Å²) in [6.07, 6.45) is 1.19. The van der Waals surface area contributed by atoms with Gasteiger partial charge in [0.25, 0.3) is 0 Å². The third-order valence-electron chi connectivity index (χ3n) is 5.58. The van der Waals surface area contributed by atoms with Crippen LogP contribution in [0, 0.1) is 22.7 Å². The van der Waals surface area contributed by atoms with Crippen LogP contribution in [0.15, 0.2) is 115 Å². The Labute approximate surface area is 209 Å². The van der Waals surface area contributed by atoms with E-state index in [9.17, 15) is 9.59 Å². The quantitative estimate of drug-likeness (QED) is 0.158. The molecule has 172 valence electrons. The SMILES string of the molecule is N#CC(C#N)=Cc1ccc(C(=O)CC(=O)c2ccc(N(c3ccccc3)c3ccccc3)cc2)cc1. The highest BCUT2D eigenvalue weighted by atomic mass is 16.1. The molecule has 36 heavy (non-hydrogen) atoms. The van der Waals surface area contributed by atoms with Crippen LogP contribution in [0.5, 0.6) is 0 Å². The van der Waals surface area contributed by atoms with Crippen LogP contribution in [0.1, 0.15) is 32.7 Å². The number of rotatable bonds is 8. The third kappa shape index (κ3) is 5.62. The van der Waals surface area contributed by atoms with E-state index >= 15 is 0 Å². The first-order valence-corrected chi connectivity index (χ1v) is 11.3. The van der Waals surface area contributed by atoms with E-state index in [2.05, 4.69) is 4.90 Å². The monoisotopic (exact) mass is 467 g/mol. The predicted octanol–water partition coefficient (Wildman–Crippen LogP) is 7.04. The molecule has 0 atom stereocenters.